The summed E-state index contributed by atoms with van der Waals surface area (Å²) in [5.74, 6) is -0.176. The molecule has 0 spiro atoms. The summed E-state index contributed by atoms with van der Waals surface area (Å²) < 4.78 is 0. The monoisotopic (exact) mass is 266 g/mol. The van der Waals surface area contributed by atoms with Gasteiger partial charge >= 0.3 is 0 Å². The maximum atomic E-state index is 12.0. The fourth-order valence-corrected chi connectivity index (χ4v) is 2.42. The van der Waals surface area contributed by atoms with E-state index in [0.717, 1.165) is 0 Å². The van der Waals surface area contributed by atoms with Crippen molar-refractivity contribution in [2.75, 3.05) is 23.0 Å². The predicted octanol–water partition coefficient (Wildman–Crippen LogP) is -0.764. The number of nitrogens with two attached hydrogens (primary N) is 2. The van der Waals surface area contributed by atoms with Crippen molar-refractivity contribution < 1.29 is 4.79 Å². The van der Waals surface area contributed by atoms with Gasteiger partial charge in [-0.2, -0.15) is 4.98 Å². The molecule has 1 unspecified atom stereocenters. The van der Waals surface area contributed by atoms with Gasteiger partial charge < -0.3 is 21.7 Å². The first-order chi connectivity index (χ1) is 8.61. The second kappa shape index (κ2) is 3.62. The number of nitrogen functional groups attached to an aromatic ring is 1. The average molecular weight is 266 g/mol. The number of carbonyl (C=O) groups is 1. The highest BCUT2D eigenvalue weighted by atomic mass is 16.2. The lowest BCUT2D eigenvalue weighted by atomic mass is 9.77. The van der Waals surface area contributed by atoms with Gasteiger partial charge in [0.25, 0.3) is 5.56 Å². The molecule has 0 fully saturated rings. The largest absolute Gasteiger partial charge is 0.369 e. The Balaban J connectivity index is 2.75. The van der Waals surface area contributed by atoms with Crippen LogP contribution < -0.4 is 27.2 Å². The number of primary amides is 1. The fourth-order valence-electron chi connectivity index (χ4n) is 2.42. The molecule has 0 aliphatic carbocycles. The van der Waals surface area contributed by atoms with Crippen molar-refractivity contribution in [1.82, 2.24) is 9.97 Å². The summed E-state index contributed by atoms with van der Waals surface area (Å²) in [6, 6.07) is 0. The zero-order valence-electron chi connectivity index (χ0n) is 11.4. The van der Waals surface area contributed by atoms with E-state index in [1.807, 2.05) is 13.8 Å². The molecule has 1 aliphatic rings. The zero-order valence-corrected chi connectivity index (χ0v) is 11.4. The zero-order chi connectivity index (χ0) is 14.6. The molecule has 0 saturated carbocycles. The summed E-state index contributed by atoms with van der Waals surface area (Å²) in [6.45, 7) is 5.31. The summed E-state index contributed by atoms with van der Waals surface area (Å²) in [5, 5.41) is 3.07. The van der Waals surface area contributed by atoms with Gasteiger partial charge in [0, 0.05) is 7.05 Å². The van der Waals surface area contributed by atoms with E-state index in [9.17, 15) is 9.59 Å². The van der Waals surface area contributed by atoms with Gasteiger partial charge in [-0.1, -0.05) is 0 Å². The molecule has 0 radical (unpaired) electrons. The summed E-state index contributed by atoms with van der Waals surface area (Å²) in [7, 11) is 1.64. The third-order valence-electron chi connectivity index (χ3n) is 4.05. The van der Waals surface area contributed by atoms with Crippen molar-refractivity contribution in [2.45, 2.75) is 31.8 Å². The maximum Gasteiger partial charge on any atom is 0.278 e. The van der Waals surface area contributed by atoms with Gasteiger partial charge in [-0.05, 0) is 20.8 Å². The number of nitrogens with one attached hydrogen (secondary N) is 2. The Morgan fingerprint density at radius 1 is 1.37 bits per heavy atom. The molecule has 0 aromatic carbocycles. The molecule has 0 bridgehead atoms. The molecule has 1 atom stereocenters. The van der Waals surface area contributed by atoms with Crippen LogP contribution in [0.5, 0.6) is 0 Å². The quantitative estimate of drug-likeness (QED) is 0.528. The van der Waals surface area contributed by atoms with Crippen molar-refractivity contribution >= 4 is 23.4 Å². The van der Waals surface area contributed by atoms with Gasteiger partial charge in [-0.25, -0.2) is 0 Å². The Kier molecular flexibility index (Phi) is 2.52. The summed E-state index contributed by atoms with van der Waals surface area (Å²) in [4.78, 5) is 31.9. The number of nitrogens with zero attached hydrogens (tertiary/aromatic N) is 2. The van der Waals surface area contributed by atoms with E-state index in [2.05, 4.69) is 15.3 Å². The third kappa shape index (κ3) is 1.56. The van der Waals surface area contributed by atoms with E-state index < -0.39 is 22.5 Å². The van der Waals surface area contributed by atoms with Crippen molar-refractivity contribution in [1.29, 1.82) is 0 Å². The molecule has 1 amide bonds. The molecule has 19 heavy (non-hydrogen) atoms. The first-order valence-corrected chi connectivity index (χ1v) is 5.83. The number of H-pyrrole nitrogens is 1. The summed E-state index contributed by atoms with van der Waals surface area (Å²) in [5.41, 5.74) is 9.09. The topological polar surface area (TPSA) is 130 Å². The van der Waals surface area contributed by atoms with Crippen molar-refractivity contribution in [3.05, 3.63) is 10.4 Å². The molecule has 0 saturated heterocycles. The van der Waals surface area contributed by atoms with Gasteiger partial charge in [0.1, 0.15) is 11.2 Å². The number of hydrogen-bond acceptors (Lipinski definition) is 6. The van der Waals surface area contributed by atoms with Crippen molar-refractivity contribution in [3.8, 4) is 0 Å². The molecule has 8 nitrogen and oxygen atoms in total. The first-order valence-electron chi connectivity index (χ1n) is 5.83. The summed E-state index contributed by atoms with van der Waals surface area (Å²) in [6.07, 6.45) is 0. The Bertz CT molecular complexity index is 608. The maximum absolute atomic E-state index is 12.0. The van der Waals surface area contributed by atoms with Gasteiger partial charge in [-0.15, -0.1) is 0 Å². The predicted molar refractivity (Wildman–Crippen MR) is 73.0 cm³/mol. The molecular formula is C11H18N6O2. The summed E-state index contributed by atoms with van der Waals surface area (Å²) >= 11 is 0. The molecule has 104 valence electrons. The highest BCUT2D eigenvalue weighted by Crippen LogP contribution is 2.40. The minimum Gasteiger partial charge on any atom is -0.369 e. The lowest BCUT2D eigenvalue weighted by Gasteiger charge is -2.52. The van der Waals surface area contributed by atoms with Crippen LogP contribution >= 0.6 is 0 Å². The van der Waals surface area contributed by atoms with Crippen LogP contribution in [0.3, 0.4) is 0 Å². The molecule has 1 aromatic rings. The molecule has 2 heterocycles. The Labute approximate surface area is 110 Å². The number of anilines is 3. The van der Waals surface area contributed by atoms with E-state index in [0.29, 0.717) is 5.82 Å². The Morgan fingerprint density at radius 2 is 1.95 bits per heavy atom. The number of aromatic nitrogens is 2. The van der Waals surface area contributed by atoms with Crippen LogP contribution in [0, 0.1) is 0 Å². The molecule has 1 aliphatic heterocycles. The van der Waals surface area contributed by atoms with E-state index in [1.54, 1.807) is 18.9 Å². The number of likely N-dealkylation sites (N-methyl/N-ethyl adjacent to an activating group) is 1. The first kappa shape index (κ1) is 13.2. The van der Waals surface area contributed by atoms with Crippen LogP contribution in [0.15, 0.2) is 4.79 Å². The lowest BCUT2D eigenvalue weighted by Crippen LogP contribution is -2.71. The fraction of sp³-hybridized carbons (Fsp3) is 0.545. The van der Waals surface area contributed by atoms with Gasteiger partial charge in [0.05, 0.1) is 5.54 Å². The number of aromatic amines is 1. The van der Waals surface area contributed by atoms with Crippen LogP contribution in [0.1, 0.15) is 20.8 Å². The van der Waals surface area contributed by atoms with E-state index >= 15 is 0 Å². The van der Waals surface area contributed by atoms with E-state index in [1.165, 1.54) is 0 Å². The second-order valence-electron chi connectivity index (χ2n) is 5.39. The van der Waals surface area contributed by atoms with Crippen LogP contribution in [0.25, 0.3) is 0 Å². The van der Waals surface area contributed by atoms with Crippen molar-refractivity contribution in [3.63, 3.8) is 0 Å². The number of rotatable bonds is 1. The Morgan fingerprint density at radius 3 is 2.47 bits per heavy atom. The van der Waals surface area contributed by atoms with Crippen molar-refractivity contribution in [2.24, 2.45) is 5.73 Å². The number of fused-ring (bicyclic) bond motifs is 1. The van der Waals surface area contributed by atoms with Crippen LogP contribution in [0.2, 0.25) is 0 Å². The highest BCUT2D eigenvalue weighted by Gasteiger charge is 2.54. The van der Waals surface area contributed by atoms with E-state index in [4.69, 9.17) is 11.5 Å². The standard InChI is InChI=1S/C11H18N6O2/c1-10(2)11(3,8(12)19)17(4)5-6(16-10)14-9(13)15-7(5)18/h1-4H3,(H2,12,19)(H4,13,14,15,16,18). The van der Waals surface area contributed by atoms with Crippen LogP contribution in [0.4, 0.5) is 17.5 Å². The van der Waals surface area contributed by atoms with Gasteiger partial charge in [-0.3, -0.25) is 14.6 Å². The highest BCUT2D eigenvalue weighted by molar-refractivity contribution is 5.93. The van der Waals surface area contributed by atoms with Gasteiger partial charge in [0.2, 0.25) is 11.9 Å². The normalized spacial score (nSPS) is 24.5. The van der Waals surface area contributed by atoms with Gasteiger partial charge in [0.15, 0.2) is 5.82 Å². The lowest BCUT2D eigenvalue weighted by molar-refractivity contribution is -0.124. The number of hydrogen-bond donors (Lipinski definition) is 4. The smallest absolute Gasteiger partial charge is 0.278 e. The Hall–Kier alpha value is -2.25. The van der Waals surface area contributed by atoms with Crippen LogP contribution in [-0.4, -0.2) is 34.0 Å². The minimum atomic E-state index is -1.08. The molecule has 6 N–H and O–H groups in total. The molecular weight excluding hydrogens is 248 g/mol. The molecule has 1 aromatic heterocycles. The molecule has 2 rings (SSSR count). The second-order valence-corrected chi connectivity index (χ2v) is 5.39. The minimum absolute atomic E-state index is 0.0168. The molecule has 8 heteroatoms. The average Bonchev–Trinajstić information content (AvgIpc) is 2.23. The third-order valence-corrected chi connectivity index (χ3v) is 4.05. The van der Waals surface area contributed by atoms with Crippen LogP contribution in [-0.2, 0) is 4.79 Å². The SMILES string of the molecule is CN1c2c(nc(N)[nH]c2=O)NC(C)(C)C1(C)C(N)=O. The number of amides is 1. The van der Waals surface area contributed by atoms with E-state index in [-0.39, 0.29) is 11.6 Å². The number of carbonyl (C=O) groups excluding carboxylic acids is 1.